The molecule has 4 nitrogen and oxygen atoms in total. The Balaban J connectivity index is 1.70. The fourth-order valence-electron chi connectivity index (χ4n) is 2.73. The number of likely N-dealkylation sites (tertiary alicyclic amines) is 1. The average molecular weight is 288 g/mol. The molecule has 0 unspecified atom stereocenters. The van der Waals surface area contributed by atoms with Gasteiger partial charge < -0.3 is 4.90 Å². The van der Waals surface area contributed by atoms with Crippen molar-refractivity contribution in [1.82, 2.24) is 19.7 Å². The smallest absolute Gasteiger partial charge is 0.195 e. The van der Waals surface area contributed by atoms with E-state index in [0.29, 0.717) is 4.77 Å². The van der Waals surface area contributed by atoms with Gasteiger partial charge in [-0.25, -0.2) is 0 Å². The largest absolute Gasteiger partial charge is 0.303 e. The Morgan fingerprint density at radius 2 is 1.90 bits per heavy atom. The fourth-order valence-corrected chi connectivity index (χ4v) is 2.95. The first kappa shape index (κ1) is 13.5. The van der Waals surface area contributed by atoms with Gasteiger partial charge in [0.15, 0.2) is 4.77 Å². The van der Waals surface area contributed by atoms with E-state index in [1.165, 1.54) is 31.5 Å². The summed E-state index contributed by atoms with van der Waals surface area (Å²) in [6, 6.07) is 10.4. The van der Waals surface area contributed by atoms with Gasteiger partial charge in [-0.05, 0) is 43.7 Å². The van der Waals surface area contributed by atoms with Crippen molar-refractivity contribution in [2.24, 2.45) is 0 Å². The molecule has 1 aliphatic heterocycles. The molecule has 2 heterocycles. The van der Waals surface area contributed by atoms with Gasteiger partial charge in [-0.2, -0.15) is 5.10 Å². The van der Waals surface area contributed by atoms with Crippen molar-refractivity contribution < 1.29 is 0 Å². The minimum absolute atomic E-state index is 0.713. The number of rotatable bonds is 5. The maximum absolute atomic E-state index is 5.35. The molecule has 0 spiro atoms. The standard InChI is InChI=1S/C15H20N4S/c20-15-17-16-14(8-11-18-9-4-5-10-18)19(15)12-13-6-2-1-3-7-13/h1-3,6-7H,4-5,8-12H2,(H,17,20). The number of aromatic amines is 1. The molecule has 1 aliphatic rings. The highest BCUT2D eigenvalue weighted by molar-refractivity contribution is 7.71. The van der Waals surface area contributed by atoms with Crippen LogP contribution >= 0.6 is 12.2 Å². The SMILES string of the molecule is S=c1[nH]nc(CCN2CCCC2)n1Cc1ccccc1. The van der Waals surface area contributed by atoms with E-state index in [4.69, 9.17) is 12.2 Å². The molecule has 106 valence electrons. The lowest BCUT2D eigenvalue weighted by atomic mass is 10.2. The zero-order valence-corrected chi connectivity index (χ0v) is 12.4. The molecule has 1 saturated heterocycles. The van der Waals surface area contributed by atoms with Crippen LogP contribution in [0.1, 0.15) is 24.2 Å². The lowest BCUT2D eigenvalue weighted by molar-refractivity contribution is 0.339. The van der Waals surface area contributed by atoms with Gasteiger partial charge in [-0.15, -0.1) is 0 Å². The Hall–Kier alpha value is -1.46. The van der Waals surface area contributed by atoms with Crippen molar-refractivity contribution in [3.05, 3.63) is 46.5 Å². The number of benzene rings is 1. The van der Waals surface area contributed by atoms with Gasteiger partial charge in [-0.1, -0.05) is 30.3 Å². The summed E-state index contributed by atoms with van der Waals surface area (Å²) < 4.78 is 2.83. The van der Waals surface area contributed by atoms with Crippen LogP contribution in [0.4, 0.5) is 0 Å². The molecule has 0 bridgehead atoms. The molecule has 1 aromatic heterocycles. The van der Waals surface area contributed by atoms with E-state index in [9.17, 15) is 0 Å². The Kier molecular flexibility index (Phi) is 4.28. The van der Waals surface area contributed by atoms with E-state index in [1.54, 1.807) is 0 Å². The molecule has 20 heavy (non-hydrogen) atoms. The summed E-state index contributed by atoms with van der Waals surface area (Å²) in [4.78, 5) is 2.50. The predicted molar refractivity (Wildman–Crippen MR) is 82.3 cm³/mol. The second-order valence-electron chi connectivity index (χ2n) is 5.32. The maximum atomic E-state index is 5.35. The Bertz CT molecular complexity index is 596. The first-order valence-corrected chi connectivity index (χ1v) is 7.64. The van der Waals surface area contributed by atoms with Crippen molar-refractivity contribution in [3.63, 3.8) is 0 Å². The lowest BCUT2D eigenvalue weighted by Crippen LogP contribution is -2.23. The molecule has 3 rings (SSSR count). The average Bonchev–Trinajstić information content (AvgIpc) is 3.10. The van der Waals surface area contributed by atoms with Gasteiger partial charge in [0.25, 0.3) is 0 Å². The summed E-state index contributed by atoms with van der Waals surface area (Å²) in [7, 11) is 0. The third kappa shape index (κ3) is 3.16. The first-order valence-electron chi connectivity index (χ1n) is 7.23. The van der Waals surface area contributed by atoms with Gasteiger partial charge in [0, 0.05) is 13.0 Å². The van der Waals surface area contributed by atoms with E-state index < -0.39 is 0 Å². The molecule has 0 atom stereocenters. The molecule has 0 radical (unpaired) electrons. The van der Waals surface area contributed by atoms with Crippen LogP contribution in [0.5, 0.6) is 0 Å². The quantitative estimate of drug-likeness (QED) is 0.859. The predicted octanol–water partition coefficient (Wildman–Crippen LogP) is 2.63. The van der Waals surface area contributed by atoms with E-state index in [1.807, 2.05) is 6.07 Å². The van der Waals surface area contributed by atoms with Crippen molar-refractivity contribution in [1.29, 1.82) is 0 Å². The molecule has 0 amide bonds. The Morgan fingerprint density at radius 1 is 1.15 bits per heavy atom. The highest BCUT2D eigenvalue weighted by Crippen LogP contribution is 2.10. The van der Waals surface area contributed by atoms with Crippen LogP contribution < -0.4 is 0 Å². The van der Waals surface area contributed by atoms with Gasteiger partial charge >= 0.3 is 0 Å². The van der Waals surface area contributed by atoms with E-state index in [0.717, 1.165) is 25.3 Å². The molecule has 1 aromatic carbocycles. The highest BCUT2D eigenvalue weighted by Gasteiger charge is 2.13. The summed E-state index contributed by atoms with van der Waals surface area (Å²) in [6.07, 6.45) is 3.62. The molecule has 1 fully saturated rings. The van der Waals surface area contributed by atoms with Crippen LogP contribution in [-0.4, -0.2) is 39.3 Å². The highest BCUT2D eigenvalue weighted by atomic mass is 32.1. The van der Waals surface area contributed by atoms with Crippen LogP contribution in [0.3, 0.4) is 0 Å². The first-order chi connectivity index (χ1) is 9.83. The van der Waals surface area contributed by atoms with E-state index in [-0.39, 0.29) is 0 Å². The third-order valence-electron chi connectivity index (χ3n) is 3.87. The summed E-state index contributed by atoms with van der Waals surface area (Å²) >= 11 is 5.35. The normalized spacial score (nSPS) is 15.8. The summed E-state index contributed by atoms with van der Waals surface area (Å²) in [5.74, 6) is 1.06. The monoisotopic (exact) mass is 288 g/mol. The Morgan fingerprint density at radius 3 is 2.65 bits per heavy atom. The lowest BCUT2D eigenvalue weighted by Gasteiger charge is -2.14. The van der Waals surface area contributed by atoms with Crippen molar-refractivity contribution in [2.45, 2.75) is 25.8 Å². The Labute approximate surface area is 124 Å². The second kappa shape index (κ2) is 6.33. The molecule has 0 saturated carbocycles. The van der Waals surface area contributed by atoms with Gasteiger partial charge in [0.2, 0.25) is 0 Å². The summed E-state index contributed by atoms with van der Waals surface area (Å²) in [6.45, 7) is 4.33. The molecule has 0 aliphatic carbocycles. The van der Waals surface area contributed by atoms with Crippen molar-refractivity contribution in [2.75, 3.05) is 19.6 Å². The van der Waals surface area contributed by atoms with Gasteiger partial charge in [0.05, 0.1) is 6.54 Å². The molecular formula is C15H20N4S. The van der Waals surface area contributed by atoms with Crippen LogP contribution in [0.15, 0.2) is 30.3 Å². The second-order valence-corrected chi connectivity index (χ2v) is 5.70. The number of hydrogen-bond acceptors (Lipinski definition) is 3. The number of H-pyrrole nitrogens is 1. The van der Waals surface area contributed by atoms with Gasteiger partial charge in [0.1, 0.15) is 5.82 Å². The number of nitrogens with one attached hydrogen (secondary N) is 1. The van der Waals surface area contributed by atoms with E-state index >= 15 is 0 Å². The number of nitrogens with zero attached hydrogens (tertiary/aromatic N) is 3. The van der Waals surface area contributed by atoms with Crippen LogP contribution in [0, 0.1) is 4.77 Å². The van der Waals surface area contributed by atoms with Crippen LogP contribution in [-0.2, 0) is 13.0 Å². The molecular weight excluding hydrogens is 268 g/mol. The minimum Gasteiger partial charge on any atom is -0.303 e. The van der Waals surface area contributed by atoms with Crippen LogP contribution in [0.2, 0.25) is 0 Å². The minimum atomic E-state index is 0.713. The van der Waals surface area contributed by atoms with Crippen molar-refractivity contribution in [3.8, 4) is 0 Å². The van der Waals surface area contributed by atoms with E-state index in [2.05, 4.69) is 43.9 Å². The number of aromatic nitrogens is 3. The fraction of sp³-hybridized carbons (Fsp3) is 0.467. The molecule has 5 heteroatoms. The maximum Gasteiger partial charge on any atom is 0.195 e. The van der Waals surface area contributed by atoms with Crippen LogP contribution in [0.25, 0.3) is 0 Å². The summed E-state index contributed by atoms with van der Waals surface area (Å²) in [5, 5.41) is 7.32. The zero-order chi connectivity index (χ0) is 13.8. The molecule has 1 N–H and O–H groups in total. The number of hydrogen-bond donors (Lipinski definition) is 1. The van der Waals surface area contributed by atoms with Crippen molar-refractivity contribution >= 4 is 12.2 Å². The molecule has 2 aromatic rings. The van der Waals surface area contributed by atoms with Gasteiger partial charge in [-0.3, -0.25) is 9.67 Å². The third-order valence-corrected chi connectivity index (χ3v) is 4.18. The topological polar surface area (TPSA) is 36.9 Å². The zero-order valence-electron chi connectivity index (χ0n) is 11.6. The summed E-state index contributed by atoms with van der Waals surface area (Å²) in [5.41, 5.74) is 1.26.